The van der Waals surface area contributed by atoms with Crippen molar-refractivity contribution in [3.8, 4) is 11.5 Å². The van der Waals surface area contributed by atoms with Gasteiger partial charge < -0.3 is 19.8 Å². The lowest BCUT2D eigenvalue weighted by molar-refractivity contribution is -0.139. The molecule has 1 amide bonds. The molecule has 1 saturated heterocycles. The van der Waals surface area contributed by atoms with E-state index >= 15 is 0 Å². The lowest BCUT2D eigenvalue weighted by atomic mass is 9.93. The number of phenolic OH excluding ortho intramolecular Hbond substituents is 1. The molecule has 6 nitrogen and oxygen atoms in total. The third kappa shape index (κ3) is 4.03. The Labute approximate surface area is 176 Å². The Balaban J connectivity index is 2.13. The predicted octanol–water partition coefficient (Wildman–Crippen LogP) is 4.32. The number of benzene rings is 2. The molecule has 1 fully saturated rings. The van der Waals surface area contributed by atoms with Gasteiger partial charge in [-0.25, -0.2) is 0 Å². The summed E-state index contributed by atoms with van der Waals surface area (Å²) < 4.78 is 5.22. The van der Waals surface area contributed by atoms with Crippen LogP contribution in [-0.4, -0.2) is 40.5 Å². The van der Waals surface area contributed by atoms with Crippen molar-refractivity contribution in [3.63, 3.8) is 0 Å². The van der Waals surface area contributed by atoms with Crippen molar-refractivity contribution < 1.29 is 24.5 Å². The van der Waals surface area contributed by atoms with Crippen LogP contribution in [-0.2, 0) is 9.59 Å². The molecule has 30 heavy (non-hydrogen) atoms. The minimum absolute atomic E-state index is 0.0652. The summed E-state index contributed by atoms with van der Waals surface area (Å²) in [5.74, 6) is -0.786. The number of nitrogens with zero attached hydrogens (tertiary/aromatic N) is 1. The van der Waals surface area contributed by atoms with Crippen LogP contribution in [0.4, 0.5) is 0 Å². The van der Waals surface area contributed by atoms with Gasteiger partial charge >= 0.3 is 0 Å². The monoisotopic (exact) mass is 409 g/mol. The zero-order valence-corrected chi connectivity index (χ0v) is 17.5. The van der Waals surface area contributed by atoms with Gasteiger partial charge in [0, 0.05) is 12.1 Å². The minimum Gasteiger partial charge on any atom is -0.508 e. The summed E-state index contributed by atoms with van der Waals surface area (Å²) in [5, 5.41) is 20.8. The largest absolute Gasteiger partial charge is 0.508 e. The molecule has 0 radical (unpaired) electrons. The van der Waals surface area contributed by atoms with Crippen molar-refractivity contribution >= 4 is 17.4 Å². The van der Waals surface area contributed by atoms with Crippen molar-refractivity contribution in [1.29, 1.82) is 0 Å². The Bertz CT molecular complexity index is 978. The SMILES string of the molecule is CCCCCN1C(=O)C(=O)/C(=C(\O)c2ccc(OC)cc2C)C1c1ccc(O)cc1. The van der Waals surface area contributed by atoms with Crippen molar-refractivity contribution in [2.45, 2.75) is 39.2 Å². The van der Waals surface area contributed by atoms with Crippen molar-refractivity contribution in [2.75, 3.05) is 13.7 Å². The highest BCUT2D eigenvalue weighted by atomic mass is 16.5. The summed E-state index contributed by atoms with van der Waals surface area (Å²) in [4.78, 5) is 27.3. The smallest absolute Gasteiger partial charge is 0.295 e. The van der Waals surface area contributed by atoms with Gasteiger partial charge in [0.25, 0.3) is 11.7 Å². The number of aromatic hydroxyl groups is 1. The standard InChI is InChI=1S/C24H27NO5/c1-4-5-6-13-25-21(16-7-9-17(26)10-8-16)20(23(28)24(25)29)22(27)19-12-11-18(30-3)14-15(19)2/h7-12,14,21,26-27H,4-6,13H2,1-3H3/b22-20-. The number of hydrogen-bond donors (Lipinski definition) is 2. The number of rotatable bonds is 7. The van der Waals surface area contributed by atoms with E-state index in [-0.39, 0.29) is 17.1 Å². The summed E-state index contributed by atoms with van der Waals surface area (Å²) in [7, 11) is 1.56. The molecular formula is C24H27NO5. The van der Waals surface area contributed by atoms with E-state index in [2.05, 4.69) is 6.92 Å². The molecule has 1 unspecified atom stereocenters. The fourth-order valence-corrected chi connectivity index (χ4v) is 3.82. The lowest BCUT2D eigenvalue weighted by Crippen LogP contribution is -2.30. The van der Waals surface area contributed by atoms with Crippen LogP contribution in [0.15, 0.2) is 48.0 Å². The Morgan fingerprint density at radius 2 is 1.80 bits per heavy atom. The third-order valence-electron chi connectivity index (χ3n) is 5.44. The number of Topliss-reactive ketones (excluding diaryl/α,β-unsaturated/α-hetero) is 1. The summed E-state index contributed by atoms with van der Waals surface area (Å²) in [6.07, 6.45) is 2.68. The molecule has 0 bridgehead atoms. The zero-order chi connectivity index (χ0) is 21.8. The Kier molecular flexibility index (Phi) is 6.45. The van der Waals surface area contributed by atoms with Gasteiger partial charge in [0.2, 0.25) is 0 Å². The molecular weight excluding hydrogens is 382 g/mol. The number of hydrogen-bond acceptors (Lipinski definition) is 5. The van der Waals surface area contributed by atoms with Crippen LogP contribution in [0.2, 0.25) is 0 Å². The Morgan fingerprint density at radius 1 is 1.10 bits per heavy atom. The molecule has 1 heterocycles. The van der Waals surface area contributed by atoms with Crippen LogP contribution in [0.25, 0.3) is 5.76 Å². The Morgan fingerprint density at radius 3 is 2.40 bits per heavy atom. The molecule has 0 spiro atoms. The van der Waals surface area contributed by atoms with Gasteiger partial charge in [-0.2, -0.15) is 0 Å². The number of ether oxygens (including phenoxy) is 1. The molecule has 158 valence electrons. The second-order valence-corrected chi connectivity index (χ2v) is 7.47. The molecule has 1 aliphatic rings. The summed E-state index contributed by atoms with van der Waals surface area (Å²) in [6.45, 7) is 4.30. The number of aliphatic hydroxyl groups is 1. The zero-order valence-electron chi connectivity index (χ0n) is 17.5. The van der Waals surface area contributed by atoms with Crippen LogP contribution in [0.1, 0.15) is 48.9 Å². The molecule has 1 aliphatic heterocycles. The molecule has 2 aromatic rings. The number of aliphatic hydroxyl groups excluding tert-OH is 1. The first-order chi connectivity index (χ1) is 14.4. The van der Waals surface area contributed by atoms with Gasteiger partial charge in [-0.1, -0.05) is 31.9 Å². The Hall–Kier alpha value is -3.28. The number of ketones is 1. The first-order valence-electron chi connectivity index (χ1n) is 10.1. The van der Waals surface area contributed by atoms with Crippen LogP contribution < -0.4 is 4.74 Å². The normalized spacial score (nSPS) is 18.1. The molecule has 6 heteroatoms. The van der Waals surface area contributed by atoms with E-state index in [0.29, 0.717) is 23.4 Å². The molecule has 0 aliphatic carbocycles. The maximum absolute atomic E-state index is 13.0. The van der Waals surface area contributed by atoms with E-state index in [1.807, 2.05) is 6.92 Å². The molecule has 2 N–H and O–H groups in total. The van der Waals surface area contributed by atoms with E-state index in [0.717, 1.165) is 24.8 Å². The second-order valence-electron chi connectivity index (χ2n) is 7.47. The van der Waals surface area contributed by atoms with E-state index in [1.165, 1.54) is 17.0 Å². The fourth-order valence-electron chi connectivity index (χ4n) is 3.82. The first-order valence-corrected chi connectivity index (χ1v) is 10.1. The van der Waals surface area contributed by atoms with Gasteiger partial charge in [0.05, 0.1) is 18.7 Å². The number of unbranched alkanes of at least 4 members (excludes halogenated alkanes) is 2. The number of methoxy groups -OCH3 is 1. The third-order valence-corrected chi connectivity index (χ3v) is 5.44. The van der Waals surface area contributed by atoms with Crippen molar-refractivity contribution in [3.05, 3.63) is 64.7 Å². The highest BCUT2D eigenvalue weighted by molar-refractivity contribution is 6.46. The summed E-state index contributed by atoms with van der Waals surface area (Å²) in [6, 6.07) is 10.8. The highest BCUT2D eigenvalue weighted by Gasteiger charge is 2.45. The van der Waals surface area contributed by atoms with Crippen LogP contribution in [0, 0.1) is 6.92 Å². The highest BCUT2D eigenvalue weighted by Crippen LogP contribution is 2.40. The number of amides is 1. The average Bonchev–Trinajstić information content (AvgIpc) is 2.99. The minimum atomic E-state index is -0.705. The topological polar surface area (TPSA) is 87.1 Å². The average molecular weight is 409 g/mol. The van der Waals surface area contributed by atoms with Crippen molar-refractivity contribution in [1.82, 2.24) is 4.90 Å². The maximum atomic E-state index is 13.0. The van der Waals surface area contributed by atoms with Crippen LogP contribution in [0.5, 0.6) is 11.5 Å². The van der Waals surface area contributed by atoms with E-state index in [1.54, 1.807) is 37.4 Å². The van der Waals surface area contributed by atoms with Crippen LogP contribution >= 0.6 is 0 Å². The van der Waals surface area contributed by atoms with Crippen molar-refractivity contribution in [2.24, 2.45) is 0 Å². The van der Waals surface area contributed by atoms with Gasteiger partial charge in [-0.3, -0.25) is 9.59 Å². The van der Waals surface area contributed by atoms with Gasteiger partial charge in [0.15, 0.2) is 0 Å². The molecule has 0 saturated carbocycles. The molecule has 1 atom stereocenters. The number of phenols is 1. The van der Waals surface area contributed by atoms with Gasteiger partial charge in [-0.15, -0.1) is 0 Å². The molecule has 3 rings (SSSR count). The number of carbonyl (C=O) groups excluding carboxylic acids is 2. The lowest BCUT2D eigenvalue weighted by Gasteiger charge is -2.25. The van der Waals surface area contributed by atoms with Gasteiger partial charge in [-0.05, 0) is 54.8 Å². The van der Waals surface area contributed by atoms with E-state index in [4.69, 9.17) is 4.74 Å². The van der Waals surface area contributed by atoms with E-state index < -0.39 is 17.7 Å². The predicted molar refractivity (Wildman–Crippen MR) is 114 cm³/mol. The quantitative estimate of drug-likeness (QED) is 0.308. The van der Waals surface area contributed by atoms with Gasteiger partial charge in [0.1, 0.15) is 17.3 Å². The molecule has 0 aromatic heterocycles. The second kappa shape index (κ2) is 9.03. The van der Waals surface area contributed by atoms with E-state index in [9.17, 15) is 19.8 Å². The number of aryl methyl sites for hydroxylation is 1. The fraction of sp³-hybridized carbons (Fsp3) is 0.333. The number of carbonyl (C=O) groups is 2. The maximum Gasteiger partial charge on any atom is 0.295 e. The van der Waals surface area contributed by atoms with Crippen LogP contribution in [0.3, 0.4) is 0 Å². The summed E-state index contributed by atoms with van der Waals surface area (Å²) in [5.41, 5.74) is 1.94. The molecule has 2 aromatic carbocycles. The first kappa shape index (κ1) is 21.4. The number of likely N-dealkylation sites (tertiary alicyclic amines) is 1. The summed E-state index contributed by atoms with van der Waals surface area (Å²) >= 11 is 0.